The number of aromatic amines is 1. The number of aryl methyl sites for hydroxylation is 1. The van der Waals surface area contributed by atoms with E-state index in [2.05, 4.69) is 11.6 Å². The van der Waals surface area contributed by atoms with Crippen LogP contribution in [0.4, 0.5) is 0 Å². The summed E-state index contributed by atoms with van der Waals surface area (Å²) in [6.45, 7) is 4.83. The molecule has 56 heavy (non-hydrogen) atoms. The molecular weight excluding hydrogens is 737 g/mol. The van der Waals surface area contributed by atoms with E-state index in [1.165, 1.54) is 10.8 Å². The molecule has 3 atom stereocenters. The largest absolute Gasteiger partial charge is 0.497 e. The monoisotopic (exact) mass is 782 g/mol. The fourth-order valence-corrected chi connectivity index (χ4v) is 7.66. The standard InChI is InChI=1S/C43H46N2O10S/c1-6-25-41(52-28-32-13-9-7-10-14-32)26-38(45-27-31(2)39(46)44-40(45)47)55-42(41,30-54-56(5,48)49)29-53-43(33-15-11-8-12-16-33,34-17-21-36(50-3)22-18-34)35-19-23-37(51-4)24-20-35/h6-24,27,38H,1,25-26,28-30H2,2-5H3,(H,44,46,47)/t38-,41-,42+/m1/s1. The number of hydrogen-bond acceptors (Lipinski definition) is 10. The third-order valence-electron chi connectivity index (χ3n) is 10.2. The summed E-state index contributed by atoms with van der Waals surface area (Å²) in [4.78, 5) is 28.2. The summed E-state index contributed by atoms with van der Waals surface area (Å²) in [5.41, 5.74) is -2.45. The summed E-state index contributed by atoms with van der Waals surface area (Å²) >= 11 is 0. The lowest BCUT2D eigenvalue weighted by atomic mass is 9.78. The Balaban J connectivity index is 1.59. The lowest BCUT2D eigenvalue weighted by Crippen LogP contribution is -2.59. The molecule has 13 heteroatoms. The van der Waals surface area contributed by atoms with E-state index in [1.807, 2.05) is 109 Å². The topological polar surface area (TPSA) is 144 Å². The molecule has 12 nitrogen and oxygen atoms in total. The molecule has 1 aliphatic rings. The minimum atomic E-state index is -4.07. The van der Waals surface area contributed by atoms with Crippen molar-refractivity contribution in [3.8, 4) is 11.5 Å². The third-order valence-corrected chi connectivity index (χ3v) is 10.7. The van der Waals surface area contributed by atoms with Crippen LogP contribution in [-0.2, 0) is 40.7 Å². The minimum absolute atomic E-state index is 0.0249. The van der Waals surface area contributed by atoms with E-state index >= 15 is 0 Å². The number of nitrogens with zero attached hydrogens (tertiary/aromatic N) is 1. The Labute approximate surface area is 326 Å². The molecule has 1 fully saturated rings. The normalized spacial score (nSPS) is 19.8. The predicted octanol–water partition coefficient (Wildman–Crippen LogP) is 6.04. The lowest BCUT2D eigenvalue weighted by molar-refractivity contribution is -0.219. The van der Waals surface area contributed by atoms with Crippen molar-refractivity contribution in [3.05, 3.63) is 177 Å². The number of rotatable bonds is 17. The number of hydrogen-bond donors (Lipinski definition) is 1. The van der Waals surface area contributed by atoms with E-state index in [-0.39, 0.29) is 31.6 Å². The molecule has 1 saturated heterocycles. The molecule has 2 heterocycles. The van der Waals surface area contributed by atoms with Gasteiger partial charge in [-0.3, -0.25) is 18.5 Å². The Bertz CT molecular complexity index is 2280. The highest BCUT2D eigenvalue weighted by molar-refractivity contribution is 7.86. The third kappa shape index (κ3) is 8.27. The molecule has 0 saturated carbocycles. The average Bonchev–Trinajstić information content (AvgIpc) is 3.52. The summed E-state index contributed by atoms with van der Waals surface area (Å²) in [5, 5.41) is 0. The quantitative estimate of drug-likeness (QED) is 0.0674. The zero-order chi connectivity index (χ0) is 40.0. The molecular formula is C43H46N2O10S. The number of ether oxygens (including phenoxy) is 5. The molecule has 0 aliphatic carbocycles. The van der Waals surface area contributed by atoms with Crippen LogP contribution in [0, 0.1) is 6.92 Å². The van der Waals surface area contributed by atoms with Crippen molar-refractivity contribution in [2.24, 2.45) is 0 Å². The average molecular weight is 783 g/mol. The van der Waals surface area contributed by atoms with Gasteiger partial charge in [0, 0.05) is 18.2 Å². The van der Waals surface area contributed by atoms with Crippen LogP contribution >= 0.6 is 0 Å². The van der Waals surface area contributed by atoms with Crippen LogP contribution < -0.4 is 20.7 Å². The molecule has 5 aromatic rings. The minimum Gasteiger partial charge on any atom is -0.497 e. The van der Waals surface area contributed by atoms with Gasteiger partial charge in [0.05, 0.1) is 33.7 Å². The summed E-state index contributed by atoms with van der Waals surface area (Å²) < 4.78 is 64.9. The summed E-state index contributed by atoms with van der Waals surface area (Å²) in [7, 11) is -0.899. The Hall–Kier alpha value is -5.31. The molecule has 6 rings (SSSR count). The van der Waals surface area contributed by atoms with Gasteiger partial charge in [-0.1, -0.05) is 91.0 Å². The second-order valence-electron chi connectivity index (χ2n) is 13.8. The second-order valence-corrected chi connectivity index (χ2v) is 15.4. The fraction of sp³-hybridized carbons (Fsp3) is 0.302. The zero-order valence-corrected chi connectivity index (χ0v) is 32.6. The van der Waals surface area contributed by atoms with Crippen LogP contribution in [0.2, 0.25) is 0 Å². The SMILES string of the molecule is C=CC[C@@]1(OCc2ccccc2)C[C@H](n2cc(C)c(=O)[nH]c2=O)O[C@@]1(COC(c1ccccc1)(c1ccc(OC)cc1)c1ccc(OC)cc1)COS(C)(=O)=O. The van der Waals surface area contributed by atoms with Crippen LogP contribution in [0.15, 0.2) is 138 Å². The van der Waals surface area contributed by atoms with Gasteiger partial charge in [0.1, 0.15) is 41.1 Å². The summed E-state index contributed by atoms with van der Waals surface area (Å²) in [6.07, 6.45) is 3.12. The highest BCUT2D eigenvalue weighted by atomic mass is 32.2. The zero-order valence-electron chi connectivity index (χ0n) is 31.8. The van der Waals surface area contributed by atoms with Gasteiger partial charge in [0.2, 0.25) is 0 Å². The van der Waals surface area contributed by atoms with E-state index < -0.39 is 51.0 Å². The first-order valence-corrected chi connectivity index (χ1v) is 19.8. The van der Waals surface area contributed by atoms with Gasteiger partial charge in [0.15, 0.2) is 0 Å². The van der Waals surface area contributed by atoms with Gasteiger partial charge >= 0.3 is 5.69 Å². The molecule has 294 valence electrons. The molecule has 0 radical (unpaired) electrons. The highest BCUT2D eigenvalue weighted by Gasteiger charge is 2.63. The van der Waals surface area contributed by atoms with Crippen LogP contribution in [0.5, 0.6) is 11.5 Å². The van der Waals surface area contributed by atoms with Crippen molar-refractivity contribution in [2.75, 3.05) is 33.7 Å². The van der Waals surface area contributed by atoms with Crippen molar-refractivity contribution in [1.82, 2.24) is 9.55 Å². The fourth-order valence-electron chi connectivity index (χ4n) is 7.25. The van der Waals surface area contributed by atoms with Gasteiger partial charge in [-0.2, -0.15) is 8.42 Å². The maximum atomic E-state index is 13.4. The first-order valence-electron chi connectivity index (χ1n) is 18.0. The first kappa shape index (κ1) is 40.4. The van der Waals surface area contributed by atoms with Gasteiger partial charge in [0.25, 0.3) is 15.7 Å². The van der Waals surface area contributed by atoms with Gasteiger partial charge < -0.3 is 23.7 Å². The maximum Gasteiger partial charge on any atom is 0.330 e. The highest BCUT2D eigenvalue weighted by Crippen LogP contribution is 2.52. The van der Waals surface area contributed by atoms with Gasteiger partial charge in [-0.15, -0.1) is 6.58 Å². The molecule has 0 bridgehead atoms. The van der Waals surface area contributed by atoms with Gasteiger partial charge in [-0.05, 0) is 59.9 Å². The van der Waals surface area contributed by atoms with Crippen LogP contribution in [0.25, 0.3) is 0 Å². The lowest BCUT2D eigenvalue weighted by Gasteiger charge is -2.46. The second kappa shape index (κ2) is 16.8. The van der Waals surface area contributed by atoms with E-state index in [4.69, 9.17) is 27.9 Å². The molecule has 1 N–H and O–H groups in total. The first-order chi connectivity index (χ1) is 26.9. The van der Waals surface area contributed by atoms with Crippen LogP contribution in [0.3, 0.4) is 0 Å². The van der Waals surface area contributed by atoms with Crippen molar-refractivity contribution < 1.29 is 36.3 Å². The van der Waals surface area contributed by atoms with Crippen LogP contribution in [0.1, 0.15) is 46.9 Å². The Morgan fingerprint density at radius 3 is 1.95 bits per heavy atom. The Morgan fingerprint density at radius 2 is 1.41 bits per heavy atom. The number of H-pyrrole nitrogens is 1. The van der Waals surface area contributed by atoms with E-state index in [0.29, 0.717) is 11.5 Å². The van der Waals surface area contributed by atoms with Gasteiger partial charge in [-0.25, -0.2) is 4.79 Å². The maximum absolute atomic E-state index is 13.4. The summed E-state index contributed by atoms with van der Waals surface area (Å²) in [5.74, 6) is 1.26. The van der Waals surface area contributed by atoms with Crippen molar-refractivity contribution in [2.45, 2.75) is 49.4 Å². The number of benzene rings is 4. The molecule has 1 aliphatic heterocycles. The Kier molecular flexibility index (Phi) is 12.1. The number of methoxy groups -OCH3 is 2. The van der Waals surface area contributed by atoms with Crippen molar-refractivity contribution in [3.63, 3.8) is 0 Å². The number of nitrogens with one attached hydrogen (secondary N) is 1. The smallest absolute Gasteiger partial charge is 0.330 e. The predicted molar refractivity (Wildman–Crippen MR) is 211 cm³/mol. The molecule has 0 spiro atoms. The van der Waals surface area contributed by atoms with E-state index in [0.717, 1.165) is 28.5 Å². The summed E-state index contributed by atoms with van der Waals surface area (Å²) in [6, 6.07) is 34.0. The molecule has 4 aromatic carbocycles. The Morgan fingerprint density at radius 1 is 0.857 bits per heavy atom. The number of aromatic nitrogens is 2. The molecule has 1 aromatic heterocycles. The van der Waals surface area contributed by atoms with E-state index in [9.17, 15) is 18.0 Å². The van der Waals surface area contributed by atoms with E-state index in [1.54, 1.807) is 27.2 Å². The molecule has 0 amide bonds. The van der Waals surface area contributed by atoms with Crippen LogP contribution in [-0.4, -0.2) is 62.9 Å². The molecule has 0 unspecified atom stereocenters. The van der Waals surface area contributed by atoms with Crippen molar-refractivity contribution in [1.29, 1.82) is 0 Å². The van der Waals surface area contributed by atoms with Crippen molar-refractivity contribution >= 4 is 10.1 Å².